The van der Waals surface area contributed by atoms with Gasteiger partial charge in [0.25, 0.3) is 5.56 Å². The zero-order chi connectivity index (χ0) is 19.5. The van der Waals surface area contributed by atoms with Crippen molar-refractivity contribution in [2.75, 3.05) is 13.2 Å². The molecule has 0 amide bonds. The van der Waals surface area contributed by atoms with Gasteiger partial charge < -0.3 is 14.6 Å². The van der Waals surface area contributed by atoms with Gasteiger partial charge in [0.05, 0.1) is 5.56 Å². The number of nitrogens with zero attached hydrogens (tertiary/aromatic N) is 3. The van der Waals surface area contributed by atoms with Crippen LogP contribution in [0.5, 0.6) is 5.88 Å². The lowest BCUT2D eigenvalue weighted by molar-refractivity contribution is -0.137. The Kier molecular flexibility index (Phi) is 6.09. The minimum Gasteiger partial charge on any atom is -0.475 e. The highest BCUT2D eigenvalue weighted by Gasteiger charge is 2.31. The van der Waals surface area contributed by atoms with Gasteiger partial charge >= 0.3 is 11.9 Å². The summed E-state index contributed by atoms with van der Waals surface area (Å²) >= 11 is 5.73. The lowest BCUT2D eigenvalue weighted by atomic mass is 10.3. The van der Waals surface area contributed by atoms with E-state index in [2.05, 4.69) is 10.3 Å². The van der Waals surface area contributed by atoms with Crippen molar-refractivity contribution in [3.05, 3.63) is 55.4 Å². The molecule has 0 aliphatic heterocycles. The molecule has 2 aromatic rings. The summed E-state index contributed by atoms with van der Waals surface area (Å²) in [6.07, 6.45) is -2.45. The van der Waals surface area contributed by atoms with Crippen molar-refractivity contribution < 1.29 is 17.9 Å². The van der Waals surface area contributed by atoms with Crippen LogP contribution in [0, 0.1) is 0 Å². The van der Waals surface area contributed by atoms with Crippen LogP contribution in [0.4, 0.5) is 13.2 Å². The minimum atomic E-state index is -4.53. The first-order chi connectivity index (χ1) is 12.1. The number of hydrogen-bond donors (Lipinski definition) is 1. The highest BCUT2D eigenvalue weighted by molar-refractivity contribution is 6.31. The molecule has 0 aromatic carbocycles. The van der Waals surface area contributed by atoms with Gasteiger partial charge in [-0.2, -0.15) is 13.2 Å². The van der Waals surface area contributed by atoms with Crippen LogP contribution in [0.2, 0.25) is 5.02 Å². The first kappa shape index (κ1) is 20.0. The quantitative estimate of drug-likeness (QED) is 0.750. The molecule has 2 rings (SSSR count). The highest BCUT2D eigenvalue weighted by Crippen LogP contribution is 2.32. The van der Waals surface area contributed by atoms with Gasteiger partial charge in [-0.25, -0.2) is 9.78 Å². The van der Waals surface area contributed by atoms with E-state index < -0.39 is 23.0 Å². The van der Waals surface area contributed by atoms with E-state index in [1.807, 2.05) is 0 Å². The lowest BCUT2D eigenvalue weighted by Gasteiger charge is -2.11. The molecular weight excluding hydrogens is 377 g/mol. The molecule has 0 atom stereocenters. The Morgan fingerprint density at radius 2 is 2.00 bits per heavy atom. The van der Waals surface area contributed by atoms with E-state index in [-0.39, 0.29) is 30.6 Å². The average molecular weight is 393 g/mol. The largest absolute Gasteiger partial charge is 0.475 e. The number of hydrogen-bond acceptors (Lipinski definition) is 5. The first-order valence-corrected chi connectivity index (χ1v) is 7.81. The van der Waals surface area contributed by atoms with Crippen LogP contribution < -0.4 is 21.3 Å². The standard InChI is InChI=1S/C15H16ClF3N4O3/c1-22-8-9(13(24)23(2)14(22)25)6-20-3-4-26-12-11(16)5-10(7-21-12)15(17,18)19/h5,7-8,20H,3-4,6H2,1-2H3. The molecule has 0 radical (unpaired) electrons. The van der Waals surface area contributed by atoms with Gasteiger partial charge in [0.2, 0.25) is 5.88 Å². The van der Waals surface area contributed by atoms with Crippen LogP contribution in [0.3, 0.4) is 0 Å². The molecule has 1 N–H and O–H groups in total. The van der Waals surface area contributed by atoms with Crippen molar-refractivity contribution in [2.45, 2.75) is 12.7 Å². The van der Waals surface area contributed by atoms with Crippen LogP contribution in [-0.4, -0.2) is 27.3 Å². The van der Waals surface area contributed by atoms with Crippen LogP contribution >= 0.6 is 11.6 Å². The summed E-state index contributed by atoms with van der Waals surface area (Å²) in [6.45, 7) is 0.549. The predicted octanol–water partition coefficient (Wildman–Crippen LogP) is 1.32. The van der Waals surface area contributed by atoms with Crippen LogP contribution in [0.1, 0.15) is 11.1 Å². The Hall–Kier alpha value is -2.33. The van der Waals surface area contributed by atoms with Gasteiger partial charge in [0.1, 0.15) is 11.6 Å². The second-order valence-electron chi connectivity index (χ2n) is 5.45. The Morgan fingerprint density at radius 3 is 2.62 bits per heavy atom. The third-order valence-electron chi connectivity index (χ3n) is 3.49. The second-order valence-corrected chi connectivity index (χ2v) is 5.85. The number of aromatic nitrogens is 3. The zero-order valence-corrected chi connectivity index (χ0v) is 14.7. The van der Waals surface area contributed by atoms with E-state index >= 15 is 0 Å². The first-order valence-electron chi connectivity index (χ1n) is 7.43. The number of alkyl halides is 3. The van der Waals surface area contributed by atoms with Gasteiger partial charge in [-0.3, -0.25) is 9.36 Å². The SMILES string of the molecule is Cn1cc(CNCCOc2ncc(C(F)(F)F)cc2Cl)c(=O)n(C)c1=O. The van der Waals surface area contributed by atoms with Crippen molar-refractivity contribution >= 4 is 11.6 Å². The Balaban J connectivity index is 1.89. The summed E-state index contributed by atoms with van der Waals surface area (Å²) in [7, 11) is 2.92. The van der Waals surface area contributed by atoms with Crippen molar-refractivity contribution in [3.8, 4) is 5.88 Å². The van der Waals surface area contributed by atoms with E-state index in [1.54, 1.807) is 0 Å². The average Bonchev–Trinajstić information content (AvgIpc) is 2.57. The maximum absolute atomic E-state index is 12.5. The molecule has 0 saturated carbocycles. The number of pyridine rings is 1. The lowest BCUT2D eigenvalue weighted by Crippen LogP contribution is -2.39. The smallest absolute Gasteiger partial charge is 0.417 e. The molecule has 0 unspecified atom stereocenters. The van der Waals surface area contributed by atoms with E-state index in [0.29, 0.717) is 11.8 Å². The third kappa shape index (κ3) is 4.64. The van der Waals surface area contributed by atoms with Gasteiger partial charge in [-0.1, -0.05) is 11.6 Å². The van der Waals surface area contributed by atoms with Gasteiger partial charge in [-0.05, 0) is 6.07 Å². The minimum absolute atomic E-state index is 0.0736. The fourth-order valence-electron chi connectivity index (χ4n) is 2.13. The third-order valence-corrected chi connectivity index (χ3v) is 3.76. The summed E-state index contributed by atoms with van der Waals surface area (Å²) in [5, 5.41) is 2.69. The van der Waals surface area contributed by atoms with Crippen LogP contribution in [0.15, 0.2) is 28.0 Å². The predicted molar refractivity (Wildman–Crippen MR) is 88.4 cm³/mol. The molecule has 0 aliphatic carbocycles. The maximum atomic E-state index is 12.5. The molecule has 26 heavy (non-hydrogen) atoms. The summed E-state index contributed by atoms with van der Waals surface area (Å²) in [5.74, 6) is -0.112. The van der Waals surface area contributed by atoms with E-state index in [9.17, 15) is 22.8 Å². The number of nitrogens with one attached hydrogen (secondary N) is 1. The summed E-state index contributed by atoms with van der Waals surface area (Å²) in [6, 6.07) is 0.742. The second kappa shape index (κ2) is 7.92. The molecule has 0 bridgehead atoms. The van der Waals surface area contributed by atoms with Crippen LogP contribution in [-0.2, 0) is 26.8 Å². The Bertz CT molecular complexity index is 908. The summed E-state index contributed by atoms with van der Waals surface area (Å²) in [5.41, 5.74) is -1.40. The molecule has 0 spiro atoms. The van der Waals surface area contributed by atoms with Gasteiger partial charge in [-0.15, -0.1) is 0 Å². The molecule has 2 heterocycles. The number of ether oxygens (including phenoxy) is 1. The Labute approximate surface area is 151 Å². The molecule has 0 saturated heterocycles. The monoisotopic (exact) mass is 392 g/mol. The van der Waals surface area contributed by atoms with Crippen molar-refractivity contribution in [3.63, 3.8) is 0 Å². The Morgan fingerprint density at radius 1 is 1.31 bits per heavy atom. The van der Waals surface area contributed by atoms with E-state index in [0.717, 1.165) is 10.6 Å². The number of rotatable bonds is 6. The van der Waals surface area contributed by atoms with E-state index in [4.69, 9.17) is 16.3 Å². The van der Waals surface area contributed by atoms with E-state index in [1.165, 1.54) is 24.9 Å². The molecule has 11 heteroatoms. The van der Waals surface area contributed by atoms with Crippen molar-refractivity contribution in [2.24, 2.45) is 14.1 Å². The molecule has 7 nitrogen and oxygen atoms in total. The topological polar surface area (TPSA) is 78.2 Å². The fourth-order valence-corrected chi connectivity index (χ4v) is 2.35. The maximum Gasteiger partial charge on any atom is 0.417 e. The summed E-state index contributed by atoms with van der Waals surface area (Å²) < 4.78 is 45.1. The normalized spacial score (nSPS) is 11.6. The van der Waals surface area contributed by atoms with Crippen LogP contribution in [0.25, 0.3) is 0 Å². The van der Waals surface area contributed by atoms with Crippen molar-refractivity contribution in [1.29, 1.82) is 0 Å². The molecule has 0 aliphatic rings. The van der Waals surface area contributed by atoms with Crippen molar-refractivity contribution in [1.82, 2.24) is 19.4 Å². The molecule has 0 fully saturated rings. The van der Waals surface area contributed by atoms with Gasteiger partial charge in [0, 0.05) is 45.1 Å². The molecule has 142 valence electrons. The molecular formula is C15H16ClF3N4O3. The highest BCUT2D eigenvalue weighted by atomic mass is 35.5. The number of aryl methyl sites for hydroxylation is 1. The number of halogens is 4. The van der Waals surface area contributed by atoms with Gasteiger partial charge in [0.15, 0.2) is 0 Å². The fraction of sp³-hybridized carbons (Fsp3) is 0.400. The summed E-state index contributed by atoms with van der Waals surface area (Å²) in [4.78, 5) is 27.1. The molecule has 2 aromatic heterocycles. The zero-order valence-electron chi connectivity index (χ0n) is 13.9.